The normalized spacial score (nSPS) is 11.1. The number of hydrogen-bond donors (Lipinski definition) is 2. The zero-order valence-corrected chi connectivity index (χ0v) is 15.9. The molecule has 2 aromatic heterocycles. The number of sulfonamides is 1. The molecule has 0 saturated carbocycles. The van der Waals surface area contributed by atoms with Crippen LogP contribution in [-0.2, 0) is 10.0 Å². The number of benzene rings is 1. The van der Waals surface area contributed by atoms with Crippen molar-refractivity contribution in [1.29, 1.82) is 5.26 Å². The van der Waals surface area contributed by atoms with E-state index < -0.39 is 15.9 Å². The molecule has 3 rings (SSSR count). The third-order valence-electron chi connectivity index (χ3n) is 4.00. The number of carbonyl (C=O) groups excluding carboxylic acids is 1. The van der Waals surface area contributed by atoms with Gasteiger partial charge in [-0.05, 0) is 31.2 Å². The average Bonchev–Trinajstić information content (AvgIpc) is 3.33. The lowest BCUT2D eigenvalue weighted by Gasteiger charge is -2.08. The van der Waals surface area contributed by atoms with Crippen LogP contribution in [0, 0.1) is 18.3 Å². The van der Waals surface area contributed by atoms with Crippen molar-refractivity contribution in [3.63, 3.8) is 0 Å². The lowest BCUT2D eigenvalue weighted by atomic mass is 10.1. The molecule has 1 aromatic carbocycles. The van der Waals surface area contributed by atoms with Crippen molar-refractivity contribution in [2.24, 2.45) is 0 Å². The largest absolute Gasteiger partial charge is 0.443 e. The third-order valence-corrected chi connectivity index (χ3v) is 5.48. The summed E-state index contributed by atoms with van der Waals surface area (Å²) in [5.74, 6) is 0.0673. The molecule has 2 N–H and O–H groups in total. The molecule has 0 atom stereocenters. The molecule has 28 heavy (non-hydrogen) atoms. The van der Waals surface area contributed by atoms with E-state index in [0.29, 0.717) is 5.76 Å². The first-order valence-electron chi connectivity index (χ1n) is 8.44. The molecule has 3 aromatic rings. The molecule has 0 unspecified atom stereocenters. The summed E-state index contributed by atoms with van der Waals surface area (Å²) < 4.78 is 33.9. The monoisotopic (exact) mass is 398 g/mol. The van der Waals surface area contributed by atoms with Gasteiger partial charge in [-0.15, -0.1) is 0 Å². The summed E-state index contributed by atoms with van der Waals surface area (Å²) in [7, 11) is -3.64. The van der Waals surface area contributed by atoms with Gasteiger partial charge in [0.25, 0.3) is 5.91 Å². The van der Waals surface area contributed by atoms with E-state index >= 15 is 0 Å². The van der Waals surface area contributed by atoms with E-state index in [9.17, 15) is 18.5 Å². The second-order valence-corrected chi connectivity index (χ2v) is 7.65. The fourth-order valence-electron chi connectivity index (χ4n) is 2.69. The molecule has 8 nitrogen and oxygen atoms in total. The Balaban J connectivity index is 1.65. The molecule has 0 fully saturated rings. The fourth-order valence-corrected chi connectivity index (χ4v) is 3.74. The topological polar surface area (TPSA) is 117 Å². The minimum absolute atomic E-state index is 0.00616. The maximum absolute atomic E-state index is 12.5. The number of nitrogens with one attached hydrogen (secondary N) is 2. The zero-order chi connectivity index (χ0) is 20.1. The number of carbonyl (C=O) groups is 1. The third kappa shape index (κ3) is 3.98. The van der Waals surface area contributed by atoms with Gasteiger partial charge in [-0.25, -0.2) is 13.1 Å². The van der Waals surface area contributed by atoms with Crippen molar-refractivity contribution in [2.75, 3.05) is 13.1 Å². The highest BCUT2D eigenvalue weighted by Crippen LogP contribution is 2.25. The van der Waals surface area contributed by atoms with Gasteiger partial charge >= 0.3 is 0 Å². The summed E-state index contributed by atoms with van der Waals surface area (Å²) >= 11 is 0. The van der Waals surface area contributed by atoms with E-state index in [1.807, 2.05) is 6.07 Å². The number of rotatable bonds is 7. The van der Waals surface area contributed by atoms with Crippen LogP contribution in [0.1, 0.15) is 21.7 Å². The van der Waals surface area contributed by atoms with Gasteiger partial charge in [0, 0.05) is 25.5 Å². The van der Waals surface area contributed by atoms with Crippen LogP contribution in [0.15, 0.2) is 64.2 Å². The molecule has 0 saturated heterocycles. The van der Waals surface area contributed by atoms with E-state index in [4.69, 9.17) is 4.42 Å². The number of nitriles is 1. The highest BCUT2D eigenvalue weighted by atomic mass is 32.2. The fraction of sp³-hybridized carbons (Fsp3) is 0.158. The number of furan rings is 1. The first-order valence-corrected chi connectivity index (χ1v) is 9.92. The Morgan fingerprint density at radius 3 is 2.46 bits per heavy atom. The van der Waals surface area contributed by atoms with Crippen LogP contribution in [0.5, 0.6) is 0 Å². The molecular weight excluding hydrogens is 380 g/mol. The molecule has 0 radical (unpaired) electrons. The van der Waals surface area contributed by atoms with Crippen LogP contribution >= 0.6 is 0 Å². The number of nitrogens with zero attached hydrogens (tertiary/aromatic N) is 2. The van der Waals surface area contributed by atoms with Gasteiger partial charge in [0.1, 0.15) is 23.0 Å². The van der Waals surface area contributed by atoms with Crippen LogP contribution < -0.4 is 10.0 Å². The Hall–Kier alpha value is -3.35. The zero-order valence-electron chi connectivity index (χ0n) is 15.0. The first kappa shape index (κ1) is 19.4. The van der Waals surface area contributed by atoms with Gasteiger partial charge in [0.05, 0.1) is 4.90 Å². The highest BCUT2D eigenvalue weighted by Gasteiger charge is 2.24. The van der Waals surface area contributed by atoms with E-state index in [-0.39, 0.29) is 35.0 Å². The molecular formula is C19H18N4O4S. The standard InChI is InChI=1S/C19H18N4O4S/c1-14-17(16(13-20)19(27-14)23-11-5-6-12-23)18(24)21-9-10-22-28(25,26)15-7-3-2-4-8-15/h2-8,11-12,22H,9-10H2,1H3,(H,21,24). The van der Waals surface area contributed by atoms with Crippen molar-refractivity contribution < 1.29 is 17.6 Å². The van der Waals surface area contributed by atoms with Crippen LogP contribution in [0.3, 0.4) is 0 Å². The summed E-state index contributed by atoms with van der Waals surface area (Å²) in [6.45, 7) is 1.66. The molecule has 0 aliphatic heterocycles. The van der Waals surface area contributed by atoms with Crippen molar-refractivity contribution >= 4 is 15.9 Å². The smallest absolute Gasteiger partial charge is 0.256 e. The van der Waals surface area contributed by atoms with Gasteiger partial charge < -0.3 is 9.73 Å². The summed E-state index contributed by atoms with van der Waals surface area (Å²) in [6, 6.07) is 13.5. The SMILES string of the molecule is Cc1oc(-n2cccc2)c(C#N)c1C(=O)NCCNS(=O)(=O)c1ccccc1. The van der Waals surface area contributed by atoms with E-state index in [2.05, 4.69) is 10.0 Å². The van der Waals surface area contributed by atoms with Gasteiger partial charge in [-0.1, -0.05) is 18.2 Å². The summed E-state index contributed by atoms with van der Waals surface area (Å²) in [6.07, 6.45) is 3.41. The van der Waals surface area contributed by atoms with Gasteiger partial charge in [-0.2, -0.15) is 5.26 Å². The minimum Gasteiger partial charge on any atom is -0.443 e. The predicted molar refractivity (Wildman–Crippen MR) is 101 cm³/mol. The quantitative estimate of drug-likeness (QED) is 0.590. The number of aromatic nitrogens is 1. The Bertz CT molecular complexity index is 1110. The number of hydrogen-bond acceptors (Lipinski definition) is 5. The Labute approximate surface area is 162 Å². The summed E-state index contributed by atoms with van der Waals surface area (Å²) in [5, 5.41) is 12.1. The van der Waals surface area contributed by atoms with Gasteiger partial charge in [0.15, 0.2) is 0 Å². The minimum atomic E-state index is -3.64. The molecule has 0 spiro atoms. The maximum atomic E-state index is 12.5. The van der Waals surface area contributed by atoms with Gasteiger partial charge in [-0.3, -0.25) is 9.36 Å². The van der Waals surface area contributed by atoms with Gasteiger partial charge in [0.2, 0.25) is 15.9 Å². The first-order chi connectivity index (χ1) is 13.4. The molecule has 144 valence electrons. The second kappa shape index (κ2) is 8.12. The molecule has 0 bridgehead atoms. The lowest BCUT2D eigenvalue weighted by Crippen LogP contribution is -2.35. The summed E-state index contributed by atoms with van der Waals surface area (Å²) in [5.41, 5.74) is 0.258. The maximum Gasteiger partial charge on any atom is 0.256 e. The molecule has 0 aliphatic carbocycles. The van der Waals surface area contributed by atoms with E-state index in [1.165, 1.54) is 12.1 Å². The van der Waals surface area contributed by atoms with Crippen molar-refractivity contribution in [3.05, 3.63) is 71.7 Å². The van der Waals surface area contributed by atoms with E-state index in [0.717, 1.165) is 0 Å². The summed E-state index contributed by atoms with van der Waals surface area (Å²) in [4.78, 5) is 12.7. The molecule has 2 heterocycles. The molecule has 1 amide bonds. The van der Waals surface area contributed by atoms with Crippen molar-refractivity contribution in [1.82, 2.24) is 14.6 Å². The molecule has 0 aliphatic rings. The number of amides is 1. The Kier molecular flexibility index (Phi) is 5.63. The number of aryl methyl sites for hydroxylation is 1. The average molecular weight is 398 g/mol. The lowest BCUT2D eigenvalue weighted by molar-refractivity contribution is 0.0952. The van der Waals surface area contributed by atoms with Crippen LogP contribution in [0.2, 0.25) is 0 Å². The predicted octanol–water partition coefficient (Wildman–Crippen LogP) is 1.96. The van der Waals surface area contributed by atoms with Crippen molar-refractivity contribution in [2.45, 2.75) is 11.8 Å². The Morgan fingerprint density at radius 2 is 1.82 bits per heavy atom. The van der Waals surface area contributed by atoms with E-state index in [1.54, 1.807) is 54.2 Å². The van der Waals surface area contributed by atoms with Crippen molar-refractivity contribution in [3.8, 4) is 12.0 Å². The highest BCUT2D eigenvalue weighted by molar-refractivity contribution is 7.89. The van der Waals surface area contributed by atoms with Crippen LogP contribution in [0.4, 0.5) is 0 Å². The van der Waals surface area contributed by atoms with Crippen LogP contribution in [-0.4, -0.2) is 32.0 Å². The Morgan fingerprint density at radius 1 is 1.14 bits per heavy atom. The molecule has 9 heteroatoms. The van der Waals surface area contributed by atoms with Crippen LogP contribution in [0.25, 0.3) is 5.88 Å². The second-order valence-electron chi connectivity index (χ2n) is 5.88.